The average Bonchev–Trinajstić information content (AvgIpc) is 2.13. The van der Waals surface area contributed by atoms with Crippen LogP contribution in [0.1, 0.15) is 38.5 Å². The first-order valence-corrected chi connectivity index (χ1v) is 9.97. The molecule has 88 valence electrons. The smallest absolute Gasteiger partial charge is 0.389 e. The van der Waals surface area contributed by atoms with Crippen LogP contribution in [0, 0.1) is 23.2 Å². The van der Waals surface area contributed by atoms with E-state index in [4.69, 9.17) is 15.8 Å². The fourth-order valence-electron chi connectivity index (χ4n) is 4.75. The molecule has 4 rings (SSSR count). The van der Waals surface area contributed by atoms with Gasteiger partial charge in [-0.1, -0.05) is 5.79 Å². The van der Waals surface area contributed by atoms with E-state index in [2.05, 4.69) is 3.98 Å². The lowest BCUT2D eigenvalue weighted by Crippen LogP contribution is -2.52. The van der Waals surface area contributed by atoms with Crippen LogP contribution >= 0.6 is 10.0 Å². The lowest BCUT2D eigenvalue weighted by Gasteiger charge is -2.56. The number of nitrogens with two attached hydrogens (primary N) is 1. The van der Waals surface area contributed by atoms with Gasteiger partial charge >= 0.3 is 13.4 Å². The number of rotatable bonds is 2. The first-order valence-electron chi connectivity index (χ1n) is 6.55. The number of nitrogens with zero attached hydrogens (tertiary/aromatic N) is 1. The summed E-state index contributed by atoms with van der Waals surface area (Å²) in [5.74, 6) is 5.77. The van der Waals surface area contributed by atoms with Crippen LogP contribution in [0.4, 0.5) is 0 Å². The van der Waals surface area contributed by atoms with Crippen molar-refractivity contribution >= 4 is 29.3 Å². The number of hydrogen-bond donors (Lipinski definition) is 1. The molecule has 0 aromatic rings. The van der Waals surface area contributed by atoms with Gasteiger partial charge in [-0.05, 0) is 56.3 Å². The second-order valence-corrected chi connectivity index (χ2v) is 9.59. The highest BCUT2D eigenvalue weighted by Gasteiger charge is 2.52. The summed E-state index contributed by atoms with van der Waals surface area (Å²) < 4.78 is 4.57. The Bertz CT molecular complexity index is 292. The number of amidine groups is 1. The summed E-state index contributed by atoms with van der Waals surface area (Å²) in [7, 11) is 6.08. The van der Waals surface area contributed by atoms with Gasteiger partial charge in [0.25, 0.3) is 0 Å². The molecule has 4 bridgehead atoms. The summed E-state index contributed by atoms with van der Waals surface area (Å²) in [6.07, 6.45) is 8.27. The molecular weight excluding hydrogens is 235 g/mol. The third kappa shape index (κ3) is 1.82. The molecule has 4 aliphatic rings. The molecule has 0 amide bonds. The summed E-state index contributed by atoms with van der Waals surface area (Å²) in [5, 5.41) is 0. The summed E-state index contributed by atoms with van der Waals surface area (Å²) in [6.45, 7) is 0. The SMILES string of the molecule is [CH3][Al]([Cl])[N]=C(N)C12CC3CC(CC(C3)C1)C2. The van der Waals surface area contributed by atoms with E-state index in [1.165, 1.54) is 38.5 Å². The minimum Gasteiger partial charge on any atom is -0.389 e. The molecular formula is C12H20AlClN2. The van der Waals surface area contributed by atoms with E-state index < -0.39 is 13.4 Å². The van der Waals surface area contributed by atoms with Crippen molar-refractivity contribution in [1.82, 2.24) is 0 Å². The third-order valence-electron chi connectivity index (χ3n) is 4.90. The fraction of sp³-hybridized carbons (Fsp3) is 0.917. The van der Waals surface area contributed by atoms with Crippen molar-refractivity contribution in [2.75, 3.05) is 0 Å². The molecule has 4 heteroatoms. The Hall–Kier alpha value is 0.292. The van der Waals surface area contributed by atoms with Crippen molar-refractivity contribution in [3.8, 4) is 0 Å². The Labute approximate surface area is 106 Å². The van der Waals surface area contributed by atoms with Crippen LogP contribution in [0.15, 0.2) is 3.98 Å². The third-order valence-corrected chi connectivity index (χ3v) is 5.83. The quantitative estimate of drug-likeness (QED) is 0.459. The summed E-state index contributed by atoms with van der Waals surface area (Å²) in [6, 6.07) is 0. The zero-order chi connectivity index (χ0) is 11.3. The standard InChI is InChI=1S/C11H17N2.CH3.Al.ClH/c12-10(13)11-4-7-1-8(5-11)3-9(2-7)6-11;;;/h7-9H,1-6H2,(H2-,12,13);1H3;;1H/q-1;;+2;/p-1. The molecule has 0 aliphatic heterocycles. The highest BCUT2D eigenvalue weighted by atomic mass is 35.6. The maximum absolute atomic E-state index is 6.27. The topological polar surface area (TPSA) is 38.4 Å². The Kier molecular flexibility index (Phi) is 2.78. The molecule has 0 heterocycles. The van der Waals surface area contributed by atoms with Crippen LogP contribution < -0.4 is 5.73 Å². The van der Waals surface area contributed by atoms with Crippen LogP contribution in [-0.2, 0) is 0 Å². The van der Waals surface area contributed by atoms with Crippen LogP contribution in [0.2, 0.25) is 5.79 Å². The number of halogens is 1. The predicted octanol–water partition coefficient (Wildman–Crippen LogP) is 2.92. The predicted molar refractivity (Wildman–Crippen MR) is 69.7 cm³/mol. The molecule has 0 radical (unpaired) electrons. The van der Waals surface area contributed by atoms with Gasteiger partial charge in [0.2, 0.25) is 0 Å². The van der Waals surface area contributed by atoms with E-state index in [9.17, 15) is 0 Å². The maximum atomic E-state index is 6.27. The zero-order valence-corrected chi connectivity index (χ0v) is 11.9. The summed E-state index contributed by atoms with van der Waals surface area (Å²) >= 11 is -1.42. The van der Waals surface area contributed by atoms with Crippen molar-refractivity contribution in [1.29, 1.82) is 0 Å². The second kappa shape index (κ2) is 3.90. The van der Waals surface area contributed by atoms with E-state index in [-0.39, 0.29) is 5.41 Å². The maximum Gasteiger partial charge on any atom is 0.559 e. The van der Waals surface area contributed by atoms with Gasteiger partial charge in [-0.3, -0.25) is 0 Å². The molecule has 2 N–H and O–H groups in total. The van der Waals surface area contributed by atoms with Crippen molar-refractivity contribution in [2.45, 2.75) is 44.3 Å². The molecule has 2 nitrogen and oxygen atoms in total. The Balaban J connectivity index is 1.88. The van der Waals surface area contributed by atoms with E-state index in [1.807, 2.05) is 5.79 Å². The Morgan fingerprint density at radius 3 is 2.00 bits per heavy atom. The van der Waals surface area contributed by atoms with Gasteiger partial charge in [-0.2, -0.15) is 0 Å². The molecule has 4 saturated carbocycles. The van der Waals surface area contributed by atoms with Gasteiger partial charge < -0.3 is 9.71 Å². The second-order valence-electron chi connectivity index (χ2n) is 6.29. The normalized spacial score (nSPS) is 46.1. The minimum atomic E-state index is -1.42. The van der Waals surface area contributed by atoms with Crippen LogP contribution in [-0.4, -0.2) is 19.3 Å². The highest BCUT2D eigenvalue weighted by Crippen LogP contribution is 2.60. The summed E-state index contributed by atoms with van der Waals surface area (Å²) in [5.41, 5.74) is 6.54. The van der Waals surface area contributed by atoms with Gasteiger partial charge in [-0.25, -0.2) is 10.0 Å². The van der Waals surface area contributed by atoms with E-state index >= 15 is 0 Å². The molecule has 0 spiro atoms. The Morgan fingerprint density at radius 2 is 1.62 bits per heavy atom. The highest BCUT2D eigenvalue weighted by molar-refractivity contribution is 7.05. The van der Waals surface area contributed by atoms with Crippen LogP contribution in [0.3, 0.4) is 0 Å². The van der Waals surface area contributed by atoms with Gasteiger partial charge in [-0.15, -0.1) is 0 Å². The van der Waals surface area contributed by atoms with Gasteiger partial charge in [0, 0.05) is 5.41 Å². The van der Waals surface area contributed by atoms with Gasteiger partial charge in [0.15, 0.2) is 0 Å². The molecule has 4 aliphatic carbocycles. The van der Waals surface area contributed by atoms with Gasteiger partial charge in [0.05, 0.1) is 5.84 Å². The molecule has 0 atom stereocenters. The number of hydrogen-bond acceptors (Lipinski definition) is 1. The first-order chi connectivity index (χ1) is 7.57. The lowest BCUT2D eigenvalue weighted by molar-refractivity contribution is -0.0128. The van der Waals surface area contributed by atoms with Crippen molar-refractivity contribution in [3.63, 3.8) is 0 Å². The van der Waals surface area contributed by atoms with Gasteiger partial charge in [0.1, 0.15) is 0 Å². The first kappa shape index (κ1) is 11.4. The monoisotopic (exact) mass is 254 g/mol. The zero-order valence-electron chi connectivity index (χ0n) is 9.95. The Morgan fingerprint density at radius 1 is 1.19 bits per heavy atom. The lowest BCUT2D eigenvalue weighted by atomic mass is 9.49. The molecule has 0 aromatic heterocycles. The largest absolute Gasteiger partial charge is 0.559 e. The van der Waals surface area contributed by atoms with E-state index in [0.717, 1.165) is 23.6 Å². The minimum absolute atomic E-state index is 0.269. The van der Waals surface area contributed by atoms with Crippen LogP contribution in [0.5, 0.6) is 0 Å². The molecule has 0 saturated heterocycles. The molecule has 4 fully saturated rings. The van der Waals surface area contributed by atoms with Crippen molar-refractivity contribution in [3.05, 3.63) is 0 Å². The van der Waals surface area contributed by atoms with E-state index in [0.29, 0.717) is 0 Å². The molecule has 0 unspecified atom stereocenters. The van der Waals surface area contributed by atoms with E-state index in [1.54, 1.807) is 0 Å². The molecule has 16 heavy (non-hydrogen) atoms. The summed E-state index contributed by atoms with van der Waals surface area (Å²) in [4.78, 5) is 0. The van der Waals surface area contributed by atoms with Crippen molar-refractivity contribution in [2.24, 2.45) is 32.9 Å². The van der Waals surface area contributed by atoms with Crippen molar-refractivity contribution < 1.29 is 0 Å². The molecule has 0 aromatic carbocycles. The van der Waals surface area contributed by atoms with Crippen LogP contribution in [0.25, 0.3) is 0 Å². The fourth-order valence-corrected chi connectivity index (χ4v) is 5.73. The average molecular weight is 255 g/mol.